The highest BCUT2D eigenvalue weighted by molar-refractivity contribution is 7.19. The third kappa shape index (κ3) is 3.31. The van der Waals surface area contributed by atoms with Crippen molar-refractivity contribution < 1.29 is 5.11 Å². The Morgan fingerprint density at radius 2 is 2.06 bits per heavy atom. The number of rotatable bonds is 6. The first-order valence-electron chi connectivity index (χ1n) is 6.56. The lowest BCUT2D eigenvalue weighted by atomic mass is 10.1. The lowest BCUT2D eigenvalue weighted by Gasteiger charge is -2.18. The third-order valence-electron chi connectivity index (χ3n) is 3.20. The van der Waals surface area contributed by atoms with Gasteiger partial charge in [0, 0.05) is 28.3 Å². The van der Waals surface area contributed by atoms with Crippen molar-refractivity contribution in [1.82, 2.24) is 5.32 Å². The summed E-state index contributed by atoms with van der Waals surface area (Å²) in [6, 6.07) is 11.6. The maximum atomic E-state index is 8.84. The number of nitrogens with one attached hydrogen (secondary N) is 1. The molecule has 0 aliphatic heterocycles. The number of hydrogen-bond donors (Lipinski definition) is 2. The lowest BCUT2D eigenvalue weighted by Crippen LogP contribution is -2.28. The second kappa shape index (κ2) is 6.32. The van der Waals surface area contributed by atoms with Crippen LogP contribution in [0.15, 0.2) is 30.3 Å². The van der Waals surface area contributed by atoms with Crippen molar-refractivity contribution in [2.24, 2.45) is 0 Å². The van der Waals surface area contributed by atoms with E-state index < -0.39 is 0 Å². The van der Waals surface area contributed by atoms with E-state index in [0.717, 1.165) is 12.8 Å². The van der Waals surface area contributed by atoms with Crippen molar-refractivity contribution in [3.05, 3.63) is 35.2 Å². The topological polar surface area (TPSA) is 32.3 Å². The highest BCUT2D eigenvalue weighted by Gasteiger charge is 2.11. The minimum Gasteiger partial charge on any atom is -0.396 e. The summed E-state index contributed by atoms with van der Waals surface area (Å²) in [6.45, 7) is 4.67. The second-order valence-corrected chi connectivity index (χ2v) is 5.96. The summed E-state index contributed by atoms with van der Waals surface area (Å²) in [5.41, 5.74) is 0. The van der Waals surface area contributed by atoms with Crippen molar-refractivity contribution in [2.45, 2.75) is 38.8 Å². The van der Waals surface area contributed by atoms with Gasteiger partial charge in [0.1, 0.15) is 0 Å². The first-order valence-corrected chi connectivity index (χ1v) is 7.37. The van der Waals surface area contributed by atoms with E-state index in [0.29, 0.717) is 12.1 Å². The number of aliphatic hydroxyl groups excluding tert-OH is 1. The van der Waals surface area contributed by atoms with Crippen molar-refractivity contribution in [3.63, 3.8) is 0 Å². The fourth-order valence-electron chi connectivity index (χ4n) is 2.21. The van der Waals surface area contributed by atoms with Gasteiger partial charge in [-0.2, -0.15) is 0 Å². The highest BCUT2D eigenvalue weighted by Crippen LogP contribution is 2.29. The summed E-state index contributed by atoms with van der Waals surface area (Å²) in [4.78, 5) is 1.38. The van der Waals surface area contributed by atoms with E-state index in [-0.39, 0.29) is 6.61 Å². The van der Waals surface area contributed by atoms with E-state index in [9.17, 15) is 0 Å². The van der Waals surface area contributed by atoms with Crippen LogP contribution in [0.4, 0.5) is 0 Å². The monoisotopic (exact) mass is 263 g/mol. The standard InChI is InChI=1S/C15H21NOS/c1-11(6-5-9-17)16-12(2)15-10-13-7-3-4-8-14(13)18-15/h3-4,7-8,10-12,16-17H,5-6,9H2,1-2H3. The molecule has 3 heteroatoms. The highest BCUT2D eigenvalue weighted by atomic mass is 32.1. The zero-order valence-corrected chi connectivity index (χ0v) is 11.8. The van der Waals surface area contributed by atoms with E-state index in [1.54, 1.807) is 0 Å². The smallest absolute Gasteiger partial charge is 0.0431 e. The minimum atomic E-state index is 0.281. The molecule has 0 bridgehead atoms. The van der Waals surface area contributed by atoms with Gasteiger partial charge in [0.05, 0.1) is 0 Å². The predicted molar refractivity (Wildman–Crippen MR) is 79.2 cm³/mol. The molecule has 0 saturated carbocycles. The molecule has 2 nitrogen and oxygen atoms in total. The van der Waals surface area contributed by atoms with Crippen LogP contribution in [0.2, 0.25) is 0 Å². The molecule has 98 valence electrons. The average Bonchev–Trinajstić information content (AvgIpc) is 2.80. The van der Waals surface area contributed by atoms with Gasteiger partial charge in [-0.15, -0.1) is 11.3 Å². The zero-order chi connectivity index (χ0) is 13.0. The van der Waals surface area contributed by atoms with Gasteiger partial charge in [-0.05, 0) is 44.2 Å². The van der Waals surface area contributed by atoms with Gasteiger partial charge in [-0.25, -0.2) is 0 Å². The van der Waals surface area contributed by atoms with Gasteiger partial charge in [0.15, 0.2) is 0 Å². The third-order valence-corrected chi connectivity index (χ3v) is 4.50. The molecule has 0 spiro atoms. The summed E-state index contributed by atoms with van der Waals surface area (Å²) < 4.78 is 1.35. The Hall–Kier alpha value is -0.900. The molecule has 0 aliphatic rings. The SMILES string of the molecule is CC(CCCO)NC(C)c1cc2ccccc2s1. The van der Waals surface area contributed by atoms with Crippen LogP contribution in [0.5, 0.6) is 0 Å². The van der Waals surface area contributed by atoms with Crippen LogP contribution in [0.3, 0.4) is 0 Å². The summed E-state index contributed by atoms with van der Waals surface area (Å²) in [7, 11) is 0. The van der Waals surface area contributed by atoms with E-state index >= 15 is 0 Å². The molecule has 2 aromatic rings. The van der Waals surface area contributed by atoms with Crippen LogP contribution >= 0.6 is 11.3 Å². The van der Waals surface area contributed by atoms with Gasteiger partial charge < -0.3 is 10.4 Å². The maximum Gasteiger partial charge on any atom is 0.0431 e. The Labute approximate surface area is 113 Å². The number of hydrogen-bond acceptors (Lipinski definition) is 3. The van der Waals surface area contributed by atoms with E-state index in [1.165, 1.54) is 15.0 Å². The first-order chi connectivity index (χ1) is 8.70. The molecule has 2 unspecified atom stereocenters. The molecule has 0 aliphatic carbocycles. The summed E-state index contributed by atoms with van der Waals surface area (Å²) in [5.74, 6) is 0. The van der Waals surface area contributed by atoms with Crippen molar-refractivity contribution >= 4 is 21.4 Å². The molecule has 1 heterocycles. The van der Waals surface area contributed by atoms with Gasteiger partial charge in [-0.3, -0.25) is 0 Å². The number of thiophene rings is 1. The van der Waals surface area contributed by atoms with Crippen LogP contribution in [-0.2, 0) is 0 Å². The maximum absolute atomic E-state index is 8.84. The number of fused-ring (bicyclic) bond motifs is 1. The van der Waals surface area contributed by atoms with Crippen molar-refractivity contribution in [3.8, 4) is 0 Å². The van der Waals surface area contributed by atoms with Crippen molar-refractivity contribution in [2.75, 3.05) is 6.61 Å². The van der Waals surface area contributed by atoms with Crippen LogP contribution in [0.25, 0.3) is 10.1 Å². The Morgan fingerprint density at radius 1 is 1.28 bits per heavy atom. The zero-order valence-electron chi connectivity index (χ0n) is 11.0. The van der Waals surface area contributed by atoms with E-state index in [2.05, 4.69) is 49.5 Å². The molecule has 1 aromatic carbocycles. The number of benzene rings is 1. The normalized spacial score (nSPS) is 14.8. The van der Waals surface area contributed by atoms with Gasteiger partial charge in [-0.1, -0.05) is 18.2 Å². The Morgan fingerprint density at radius 3 is 2.78 bits per heavy atom. The van der Waals surface area contributed by atoms with Crippen LogP contribution < -0.4 is 5.32 Å². The first kappa shape index (κ1) is 13.5. The lowest BCUT2D eigenvalue weighted by molar-refractivity contribution is 0.274. The molecular formula is C15H21NOS. The molecule has 0 saturated heterocycles. The Balaban J connectivity index is 2.01. The molecule has 2 atom stereocenters. The predicted octanol–water partition coefficient (Wildman–Crippen LogP) is 3.71. The largest absolute Gasteiger partial charge is 0.396 e. The van der Waals surface area contributed by atoms with Gasteiger partial charge in [0.2, 0.25) is 0 Å². The van der Waals surface area contributed by atoms with Crippen LogP contribution in [0, 0.1) is 0 Å². The molecule has 1 aromatic heterocycles. The second-order valence-electron chi connectivity index (χ2n) is 4.84. The minimum absolute atomic E-state index is 0.281. The van der Waals surface area contributed by atoms with Crippen molar-refractivity contribution in [1.29, 1.82) is 0 Å². The Bertz CT molecular complexity index is 461. The molecule has 0 amide bonds. The summed E-state index contributed by atoms with van der Waals surface area (Å²) in [5, 5.41) is 13.8. The molecule has 2 N–H and O–H groups in total. The fourth-order valence-corrected chi connectivity index (χ4v) is 3.28. The molecule has 0 radical (unpaired) electrons. The fraction of sp³-hybridized carbons (Fsp3) is 0.467. The summed E-state index contributed by atoms with van der Waals surface area (Å²) >= 11 is 1.86. The van der Waals surface area contributed by atoms with Crippen LogP contribution in [-0.4, -0.2) is 17.8 Å². The van der Waals surface area contributed by atoms with E-state index in [1.807, 2.05) is 11.3 Å². The molecule has 0 fully saturated rings. The molecular weight excluding hydrogens is 242 g/mol. The number of aliphatic hydroxyl groups is 1. The quantitative estimate of drug-likeness (QED) is 0.832. The van der Waals surface area contributed by atoms with Gasteiger partial charge >= 0.3 is 0 Å². The van der Waals surface area contributed by atoms with Crippen LogP contribution in [0.1, 0.15) is 37.6 Å². The van der Waals surface area contributed by atoms with Gasteiger partial charge in [0.25, 0.3) is 0 Å². The molecule has 18 heavy (non-hydrogen) atoms. The summed E-state index contributed by atoms with van der Waals surface area (Å²) in [6.07, 6.45) is 1.89. The Kier molecular flexibility index (Phi) is 4.75. The molecule has 2 rings (SSSR count). The van der Waals surface area contributed by atoms with E-state index in [4.69, 9.17) is 5.11 Å². The average molecular weight is 263 g/mol.